The third-order valence-corrected chi connectivity index (χ3v) is 3.43. The number of rotatable bonds is 3. The summed E-state index contributed by atoms with van der Waals surface area (Å²) in [4.78, 5) is 6.48. The van der Waals surface area contributed by atoms with Gasteiger partial charge in [0.15, 0.2) is 0 Å². The van der Waals surface area contributed by atoms with Gasteiger partial charge in [-0.1, -0.05) is 29.5 Å². The van der Waals surface area contributed by atoms with E-state index in [4.69, 9.17) is 5.73 Å². The quantitative estimate of drug-likeness (QED) is 0.881. The molecule has 0 amide bonds. The Hall–Kier alpha value is -1.32. The second kappa shape index (κ2) is 5.14. The lowest BCUT2D eigenvalue weighted by Crippen LogP contribution is -1.98. The van der Waals surface area contributed by atoms with Crippen molar-refractivity contribution in [2.45, 2.75) is 23.3 Å². The molecule has 0 aliphatic carbocycles. The van der Waals surface area contributed by atoms with E-state index in [1.54, 1.807) is 18.0 Å². The Bertz CT molecular complexity index is 466. The van der Waals surface area contributed by atoms with Crippen LogP contribution in [0.3, 0.4) is 0 Å². The molecule has 16 heavy (non-hydrogen) atoms. The van der Waals surface area contributed by atoms with Gasteiger partial charge in [0.1, 0.15) is 0 Å². The number of pyridine rings is 1. The Kier molecular flexibility index (Phi) is 3.59. The van der Waals surface area contributed by atoms with Crippen LogP contribution in [0.25, 0.3) is 0 Å². The highest BCUT2D eigenvalue weighted by Crippen LogP contribution is 2.29. The Morgan fingerprint density at radius 2 is 1.94 bits per heavy atom. The molecule has 2 aromatic rings. The summed E-state index contributed by atoms with van der Waals surface area (Å²) in [6, 6.07) is 10.4. The van der Waals surface area contributed by atoms with Crippen molar-refractivity contribution in [3.05, 3.63) is 53.9 Å². The molecule has 0 fully saturated rings. The van der Waals surface area contributed by atoms with Gasteiger partial charge in [0, 0.05) is 28.7 Å². The van der Waals surface area contributed by atoms with E-state index in [2.05, 4.69) is 36.2 Å². The maximum Gasteiger partial charge on any atom is 0.0410 e. The fourth-order valence-corrected chi connectivity index (χ4v) is 2.32. The smallest absolute Gasteiger partial charge is 0.0410 e. The molecule has 0 spiro atoms. The molecule has 3 heteroatoms. The van der Waals surface area contributed by atoms with Crippen molar-refractivity contribution in [3.8, 4) is 0 Å². The second-order valence-electron chi connectivity index (χ2n) is 3.60. The van der Waals surface area contributed by atoms with Crippen molar-refractivity contribution in [1.82, 2.24) is 4.98 Å². The lowest BCUT2D eigenvalue weighted by Gasteiger charge is -2.06. The van der Waals surface area contributed by atoms with Crippen LogP contribution in [0.2, 0.25) is 0 Å². The van der Waals surface area contributed by atoms with Gasteiger partial charge in [0.2, 0.25) is 0 Å². The zero-order valence-electron chi connectivity index (χ0n) is 9.18. The van der Waals surface area contributed by atoms with E-state index in [1.165, 1.54) is 10.5 Å². The summed E-state index contributed by atoms with van der Waals surface area (Å²) < 4.78 is 0. The number of benzene rings is 1. The van der Waals surface area contributed by atoms with Gasteiger partial charge in [-0.05, 0) is 30.7 Å². The van der Waals surface area contributed by atoms with E-state index in [1.807, 2.05) is 12.3 Å². The minimum absolute atomic E-state index is 0.552. The summed E-state index contributed by atoms with van der Waals surface area (Å²) in [7, 11) is 0. The van der Waals surface area contributed by atoms with Gasteiger partial charge in [-0.25, -0.2) is 0 Å². The average Bonchev–Trinajstić information content (AvgIpc) is 2.33. The van der Waals surface area contributed by atoms with Crippen LogP contribution >= 0.6 is 11.8 Å². The molecule has 0 unspecified atom stereocenters. The highest BCUT2D eigenvalue weighted by atomic mass is 32.2. The fraction of sp³-hybridized carbons (Fsp3) is 0.154. The predicted molar refractivity (Wildman–Crippen MR) is 67.4 cm³/mol. The van der Waals surface area contributed by atoms with Crippen LogP contribution in [0.4, 0.5) is 0 Å². The highest BCUT2D eigenvalue weighted by molar-refractivity contribution is 7.99. The van der Waals surface area contributed by atoms with Crippen LogP contribution in [0, 0.1) is 6.92 Å². The monoisotopic (exact) mass is 230 g/mol. The van der Waals surface area contributed by atoms with Crippen LogP contribution in [-0.4, -0.2) is 4.98 Å². The van der Waals surface area contributed by atoms with E-state index in [0.29, 0.717) is 6.54 Å². The first-order valence-electron chi connectivity index (χ1n) is 5.17. The summed E-state index contributed by atoms with van der Waals surface area (Å²) in [6.45, 7) is 2.64. The van der Waals surface area contributed by atoms with Crippen molar-refractivity contribution in [3.63, 3.8) is 0 Å². The zero-order valence-corrected chi connectivity index (χ0v) is 10.00. The van der Waals surface area contributed by atoms with Crippen LogP contribution in [0.5, 0.6) is 0 Å². The second-order valence-corrected chi connectivity index (χ2v) is 4.72. The lowest BCUT2D eigenvalue weighted by molar-refractivity contribution is 1.00. The molecule has 1 aromatic heterocycles. The van der Waals surface area contributed by atoms with Crippen molar-refractivity contribution < 1.29 is 0 Å². The summed E-state index contributed by atoms with van der Waals surface area (Å²) in [6.07, 6.45) is 3.65. The zero-order chi connectivity index (χ0) is 11.4. The molecule has 2 rings (SSSR count). The minimum Gasteiger partial charge on any atom is -0.326 e. The largest absolute Gasteiger partial charge is 0.326 e. The molecular weight excluding hydrogens is 216 g/mol. The van der Waals surface area contributed by atoms with Crippen molar-refractivity contribution in [2.24, 2.45) is 5.73 Å². The maximum atomic E-state index is 5.69. The van der Waals surface area contributed by atoms with Gasteiger partial charge in [0.05, 0.1) is 0 Å². The Balaban J connectivity index is 2.23. The fourth-order valence-electron chi connectivity index (χ4n) is 1.40. The summed E-state index contributed by atoms with van der Waals surface area (Å²) in [5.41, 5.74) is 8.10. The van der Waals surface area contributed by atoms with E-state index in [0.717, 1.165) is 10.5 Å². The van der Waals surface area contributed by atoms with Gasteiger partial charge in [-0.3, -0.25) is 4.98 Å². The molecule has 1 aromatic carbocycles. The molecule has 0 bridgehead atoms. The molecule has 1 heterocycles. The molecule has 82 valence electrons. The lowest BCUT2D eigenvalue weighted by atomic mass is 10.2. The SMILES string of the molecule is Cc1ccc(Sc2cnccc2CN)cc1. The van der Waals surface area contributed by atoms with Crippen LogP contribution < -0.4 is 5.73 Å². The first-order valence-corrected chi connectivity index (χ1v) is 5.98. The van der Waals surface area contributed by atoms with Crippen molar-refractivity contribution in [1.29, 1.82) is 0 Å². The minimum atomic E-state index is 0.552. The Morgan fingerprint density at radius 1 is 1.19 bits per heavy atom. The van der Waals surface area contributed by atoms with Gasteiger partial charge in [-0.2, -0.15) is 0 Å². The normalized spacial score (nSPS) is 10.4. The molecule has 2 nitrogen and oxygen atoms in total. The Labute approximate surface area is 99.9 Å². The number of aromatic nitrogens is 1. The van der Waals surface area contributed by atoms with Crippen LogP contribution in [-0.2, 0) is 6.54 Å². The Morgan fingerprint density at radius 3 is 2.62 bits per heavy atom. The number of hydrogen-bond acceptors (Lipinski definition) is 3. The standard InChI is InChI=1S/C13H14N2S/c1-10-2-4-12(5-3-10)16-13-9-15-7-6-11(13)8-14/h2-7,9H,8,14H2,1H3. The summed E-state index contributed by atoms with van der Waals surface area (Å²) in [5, 5.41) is 0. The number of nitrogens with zero attached hydrogens (tertiary/aromatic N) is 1. The molecule has 0 saturated carbocycles. The number of nitrogens with two attached hydrogens (primary N) is 1. The topological polar surface area (TPSA) is 38.9 Å². The van der Waals surface area contributed by atoms with Gasteiger partial charge < -0.3 is 5.73 Å². The predicted octanol–water partition coefficient (Wildman–Crippen LogP) is 3.00. The first-order chi connectivity index (χ1) is 7.79. The van der Waals surface area contributed by atoms with Crippen molar-refractivity contribution in [2.75, 3.05) is 0 Å². The van der Waals surface area contributed by atoms with E-state index in [-0.39, 0.29) is 0 Å². The van der Waals surface area contributed by atoms with Crippen LogP contribution in [0.1, 0.15) is 11.1 Å². The van der Waals surface area contributed by atoms with Gasteiger partial charge in [0.25, 0.3) is 0 Å². The number of hydrogen-bond donors (Lipinski definition) is 1. The summed E-state index contributed by atoms with van der Waals surface area (Å²) >= 11 is 1.70. The number of aryl methyl sites for hydroxylation is 1. The first kappa shape index (κ1) is 11.2. The highest BCUT2D eigenvalue weighted by Gasteiger charge is 2.02. The van der Waals surface area contributed by atoms with Gasteiger partial charge in [-0.15, -0.1) is 0 Å². The van der Waals surface area contributed by atoms with E-state index in [9.17, 15) is 0 Å². The molecule has 0 saturated heterocycles. The van der Waals surface area contributed by atoms with E-state index < -0.39 is 0 Å². The molecule has 0 aliphatic heterocycles. The molecule has 0 atom stereocenters. The van der Waals surface area contributed by atoms with Crippen molar-refractivity contribution >= 4 is 11.8 Å². The third kappa shape index (κ3) is 2.62. The molecule has 2 N–H and O–H groups in total. The molecule has 0 aliphatic rings. The molecule has 0 radical (unpaired) electrons. The van der Waals surface area contributed by atoms with E-state index >= 15 is 0 Å². The average molecular weight is 230 g/mol. The maximum absolute atomic E-state index is 5.69. The van der Waals surface area contributed by atoms with Crippen LogP contribution in [0.15, 0.2) is 52.5 Å². The summed E-state index contributed by atoms with van der Waals surface area (Å²) in [5.74, 6) is 0. The van der Waals surface area contributed by atoms with Gasteiger partial charge >= 0.3 is 0 Å². The molecular formula is C13H14N2S. The third-order valence-electron chi connectivity index (χ3n) is 2.34.